The molecule has 2 heterocycles. The third-order valence-electron chi connectivity index (χ3n) is 6.87. The maximum atomic E-state index is 13.5. The molecule has 6 nitrogen and oxygen atoms in total. The molecule has 1 saturated carbocycles. The number of rotatable bonds is 8. The van der Waals surface area contributed by atoms with Crippen LogP contribution in [0.15, 0.2) is 30.6 Å². The van der Waals surface area contributed by atoms with Crippen molar-refractivity contribution in [3.63, 3.8) is 0 Å². The Morgan fingerprint density at radius 2 is 1.76 bits per heavy atom. The van der Waals surface area contributed by atoms with Crippen LogP contribution in [0.3, 0.4) is 0 Å². The summed E-state index contributed by atoms with van der Waals surface area (Å²) in [6.07, 6.45) is 9.14. The number of hydrogen-bond acceptors (Lipinski definition) is 5. The van der Waals surface area contributed by atoms with E-state index in [4.69, 9.17) is 14.7 Å². The van der Waals surface area contributed by atoms with Gasteiger partial charge in [-0.05, 0) is 95.4 Å². The molecule has 4 rings (SSSR count). The van der Waals surface area contributed by atoms with Crippen LogP contribution in [0.5, 0.6) is 0 Å². The minimum atomic E-state index is -0.812. The predicted octanol–water partition coefficient (Wildman–Crippen LogP) is 6.19. The van der Waals surface area contributed by atoms with Crippen LogP contribution in [-0.2, 0) is 17.6 Å². The molecule has 200 valence electrons. The number of aryl methyl sites for hydroxylation is 2. The van der Waals surface area contributed by atoms with Gasteiger partial charge in [0.15, 0.2) is 11.6 Å². The van der Waals surface area contributed by atoms with Crippen LogP contribution in [0.1, 0.15) is 70.2 Å². The lowest BCUT2D eigenvalue weighted by Crippen LogP contribution is -2.50. The number of halogens is 2. The Hall–Kier alpha value is -3.03. The number of carbonyl (C=O) groups is 1. The second-order valence-corrected chi connectivity index (χ2v) is 10.9. The number of unbranched alkanes of at least 4 members (excludes halogenated alkanes) is 1. The topological polar surface area (TPSA) is 58.6 Å². The smallest absolute Gasteiger partial charge is 0.410 e. The first-order chi connectivity index (χ1) is 17.7. The maximum Gasteiger partial charge on any atom is 0.410 e. The number of benzene rings is 1. The molecule has 0 atom stereocenters. The highest BCUT2D eigenvalue weighted by Crippen LogP contribution is 2.45. The Balaban J connectivity index is 1.46. The number of ether oxygens (including phenoxy) is 1. The first kappa shape index (κ1) is 27.0. The molecular weight excluding hydrogens is 474 g/mol. The molecule has 1 saturated heterocycles. The molecule has 1 aliphatic heterocycles. The number of nitrogens with zero attached hydrogens (tertiary/aromatic N) is 4. The molecule has 8 heteroatoms. The average Bonchev–Trinajstić information content (AvgIpc) is 3.69. The normalized spacial score (nSPS) is 16.8. The van der Waals surface area contributed by atoms with Gasteiger partial charge in [0.25, 0.3) is 0 Å². The Bertz CT molecular complexity index is 1130. The van der Waals surface area contributed by atoms with Gasteiger partial charge in [-0.2, -0.15) is 0 Å². The molecule has 0 spiro atoms. The van der Waals surface area contributed by atoms with E-state index in [1.807, 2.05) is 20.8 Å². The van der Waals surface area contributed by atoms with Crippen molar-refractivity contribution in [3.8, 4) is 0 Å². The van der Waals surface area contributed by atoms with Gasteiger partial charge in [-0.15, -0.1) is 0 Å². The molecule has 1 aliphatic carbocycles. The molecule has 0 N–H and O–H groups in total. The fourth-order valence-corrected chi connectivity index (χ4v) is 4.86. The highest BCUT2D eigenvalue weighted by molar-refractivity contribution is 5.79. The van der Waals surface area contributed by atoms with Crippen LogP contribution in [0.25, 0.3) is 5.57 Å². The SMILES string of the molecule is C/C=C(\c1c(CCCCc2ccc(F)c(F)c2)ncnc1N1CCN(C(=O)OC(C)(C)C)CC1)C1CC1. The average molecular weight is 513 g/mol. The Kier molecular flexibility index (Phi) is 8.45. The summed E-state index contributed by atoms with van der Waals surface area (Å²) in [6, 6.07) is 4.12. The minimum Gasteiger partial charge on any atom is -0.444 e. The van der Waals surface area contributed by atoms with E-state index in [1.54, 1.807) is 17.3 Å². The van der Waals surface area contributed by atoms with Crippen molar-refractivity contribution in [1.29, 1.82) is 0 Å². The largest absolute Gasteiger partial charge is 0.444 e. The van der Waals surface area contributed by atoms with Crippen molar-refractivity contribution in [1.82, 2.24) is 14.9 Å². The fourth-order valence-electron chi connectivity index (χ4n) is 4.86. The third-order valence-corrected chi connectivity index (χ3v) is 6.87. The highest BCUT2D eigenvalue weighted by atomic mass is 19.2. The number of aromatic nitrogens is 2. The van der Waals surface area contributed by atoms with Gasteiger partial charge in [-0.25, -0.2) is 23.5 Å². The van der Waals surface area contributed by atoms with Crippen LogP contribution < -0.4 is 4.90 Å². The summed E-state index contributed by atoms with van der Waals surface area (Å²) in [5.41, 5.74) is 3.76. The van der Waals surface area contributed by atoms with Crippen molar-refractivity contribution in [2.24, 2.45) is 5.92 Å². The zero-order valence-electron chi connectivity index (χ0n) is 22.4. The van der Waals surface area contributed by atoms with Crippen molar-refractivity contribution in [3.05, 3.63) is 59.1 Å². The molecule has 0 bridgehead atoms. The van der Waals surface area contributed by atoms with Crippen molar-refractivity contribution < 1.29 is 18.3 Å². The number of hydrogen-bond donors (Lipinski definition) is 0. The van der Waals surface area contributed by atoms with Crippen LogP contribution in [-0.4, -0.2) is 52.7 Å². The summed E-state index contributed by atoms with van der Waals surface area (Å²) < 4.78 is 32.3. The van der Waals surface area contributed by atoms with Crippen molar-refractivity contribution >= 4 is 17.5 Å². The highest BCUT2D eigenvalue weighted by Gasteiger charge is 2.33. The predicted molar refractivity (Wildman–Crippen MR) is 141 cm³/mol. The lowest BCUT2D eigenvalue weighted by Gasteiger charge is -2.37. The quantitative estimate of drug-likeness (QED) is 0.395. The number of piperazine rings is 1. The zero-order valence-corrected chi connectivity index (χ0v) is 22.4. The molecule has 1 aromatic carbocycles. The van der Waals surface area contributed by atoms with Crippen LogP contribution in [0.4, 0.5) is 19.4 Å². The van der Waals surface area contributed by atoms with E-state index in [0.717, 1.165) is 41.9 Å². The van der Waals surface area contributed by atoms with Gasteiger partial charge in [0, 0.05) is 31.7 Å². The minimum absolute atomic E-state index is 0.274. The van der Waals surface area contributed by atoms with Crippen LogP contribution in [0.2, 0.25) is 0 Å². The summed E-state index contributed by atoms with van der Waals surface area (Å²) in [5.74, 6) is -0.130. The number of amides is 1. The Morgan fingerprint density at radius 1 is 1.05 bits per heavy atom. The van der Waals surface area contributed by atoms with Gasteiger partial charge in [0.1, 0.15) is 17.7 Å². The van der Waals surface area contributed by atoms with E-state index in [9.17, 15) is 13.6 Å². The fraction of sp³-hybridized carbons (Fsp3) is 0.552. The molecule has 0 unspecified atom stereocenters. The maximum absolute atomic E-state index is 13.5. The van der Waals surface area contributed by atoms with Gasteiger partial charge in [0.05, 0.1) is 5.69 Å². The second kappa shape index (κ2) is 11.6. The lowest BCUT2D eigenvalue weighted by atomic mass is 9.96. The van der Waals surface area contributed by atoms with E-state index >= 15 is 0 Å². The number of allylic oxidation sites excluding steroid dienone is 2. The zero-order chi connectivity index (χ0) is 26.6. The summed E-state index contributed by atoms with van der Waals surface area (Å²) in [7, 11) is 0. The molecule has 2 aromatic rings. The van der Waals surface area contributed by atoms with Gasteiger partial charge < -0.3 is 14.5 Å². The van der Waals surface area contributed by atoms with Crippen molar-refractivity contribution in [2.45, 2.75) is 71.8 Å². The standard InChI is InChI=1S/C29H38F2N4O2/c1-5-22(21-11-12-21)26-25(9-7-6-8-20-10-13-23(30)24(31)18-20)32-19-33-27(26)34-14-16-35(17-15-34)28(36)37-29(2,3)4/h5,10,13,18-19,21H,6-9,11-12,14-17H2,1-4H3/b22-5-. The summed E-state index contributed by atoms with van der Waals surface area (Å²) in [5, 5.41) is 0. The summed E-state index contributed by atoms with van der Waals surface area (Å²) in [4.78, 5) is 26.0. The van der Waals surface area contributed by atoms with Gasteiger partial charge in [-0.3, -0.25) is 0 Å². The third kappa shape index (κ3) is 7.05. The van der Waals surface area contributed by atoms with Gasteiger partial charge >= 0.3 is 6.09 Å². The van der Waals surface area contributed by atoms with Gasteiger partial charge in [-0.1, -0.05) is 12.1 Å². The van der Waals surface area contributed by atoms with E-state index in [0.29, 0.717) is 38.5 Å². The Labute approximate surface area is 218 Å². The van der Waals surface area contributed by atoms with E-state index in [2.05, 4.69) is 17.9 Å². The summed E-state index contributed by atoms with van der Waals surface area (Å²) in [6.45, 7) is 10.2. The first-order valence-electron chi connectivity index (χ1n) is 13.3. The number of carbonyl (C=O) groups excluding carboxylic acids is 1. The van der Waals surface area contributed by atoms with E-state index in [-0.39, 0.29) is 6.09 Å². The molecule has 1 aromatic heterocycles. The van der Waals surface area contributed by atoms with Gasteiger partial charge in [0.2, 0.25) is 0 Å². The van der Waals surface area contributed by atoms with Crippen LogP contribution in [0, 0.1) is 17.6 Å². The van der Waals surface area contributed by atoms with Crippen LogP contribution >= 0.6 is 0 Å². The molecule has 2 fully saturated rings. The molecule has 0 radical (unpaired) electrons. The second-order valence-electron chi connectivity index (χ2n) is 10.9. The first-order valence-corrected chi connectivity index (χ1v) is 13.3. The van der Waals surface area contributed by atoms with E-state index < -0.39 is 17.2 Å². The van der Waals surface area contributed by atoms with E-state index in [1.165, 1.54) is 30.5 Å². The molecule has 2 aliphatic rings. The van der Waals surface area contributed by atoms with Crippen molar-refractivity contribution in [2.75, 3.05) is 31.1 Å². The number of anilines is 1. The summed E-state index contributed by atoms with van der Waals surface area (Å²) >= 11 is 0. The Morgan fingerprint density at radius 3 is 2.38 bits per heavy atom. The molecular formula is C29H38F2N4O2. The molecule has 1 amide bonds. The lowest BCUT2D eigenvalue weighted by molar-refractivity contribution is 0.0240. The monoisotopic (exact) mass is 512 g/mol. The molecule has 37 heavy (non-hydrogen) atoms.